The van der Waals surface area contributed by atoms with Crippen molar-refractivity contribution in [2.45, 2.75) is 25.4 Å². The van der Waals surface area contributed by atoms with Gasteiger partial charge in [-0.2, -0.15) is 0 Å². The molecule has 1 aliphatic heterocycles. The summed E-state index contributed by atoms with van der Waals surface area (Å²) in [6.45, 7) is 1.64. The van der Waals surface area contributed by atoms with Gasteiger partial charge < -0.3 is 9.84 Å². The molecule has 0 saturated heterocycles. The number of rotatable bonds is 2. The first-order valence-corrected chi connectivity index (χ1v) is 5.92. The van der Waals surface area contributed by atoms with E-state index in [-0.39, 0.29) is 18.6 Å². The fourth-order valence-electron chi connectivity index (χ4n) is 1.96. The van der Waals surface area contributed by atoms with Crippen LogP contribution in [0.4, 0.5) is 0 Å². The molecule has 90 valence electrons. The first kappa shape index (κ1) is 12.1. The van der Waals surface area contributed by atoms with E-state index in [0.717, 1.165) is 4.47 Å². The first-order valence-electron chi connectivity index (χ1n) is 5.13. The van der Waals surface area contributed by atoms with E-state index in [9.17, 15) is 9.59 Å². The predicted molar refractivity (Wildman–Crippen MR) is 64.4 cm³/mol. The predicted octanol–water partition coefficient (Wildman–Crippen LogP) is 2.65. The van der Waals surface area contributed by atoms with Crippen LogP contribution in [-0.2, 0) is 4.79 Å². The number of benzene rings is 1. The highest BCUT2D eigenvalue weighted by molar-refractivity contribution is 9.10. The third kappa shape index (κ3) is 2.49. The van der Waals surface area contributed by atoms with Gasteiger partial charge in [0.15, 0.2) is 5.78 Å². The van der Waals surface area contributed by atoms with E-state index in [1.807, 2.05) is 0 Å². The molecule has 0 amide bonds. The molecule has 1 aromatic carbocycles. The van der Waals surface area contributed by atoms with Crippen molar-refractivity contribution in [2.24, 2.45) is 0 Å². The lowest BCUT2D eigenvalue weighted by Gasteiger charge is -2.33. The molecule has 1 heterocycles. The molecule has 0 aliphatic carbocycles. The SMILES string of the molecule is CC1(CC(=O)O)CC(=O)c2cc(Br)ccc2O1. The average Bonchev–Trinajstić information content (AvgIpc) is 2.17. The summed E-state index contributed by atoms with van der Waals surface area (Å²) in [4.78, 5) is 22.7. The number of carboxylic acid groups (broad SMARTS) is 1. The number of carboxylic acids is 1. The Kier molecular flexibility index (Phi) is 2.95. The number of carbonyl (C=O) groups excluding carboxylic acids is 1. The standard InChI is InChI=1S/C12H11BrO4/c1-12(6-11(15)16)5-9(14)8-4-7(13)2-3-10(8)17-12/h2-4H,5-6H2,1H3,(H,15,16). The summed E-state index contributed by atoms with van der Waals surface area (Å²) in [6.07, 6.45) is -0.100. The molecule has 1 aromatic rings. The molecule has 0 bridgehead atoms. The number of carbonyl (C=O) groups is 2. The number of hydrogen-bond acceptors (Lipinski definition) is 3. The number of Topliss-reactive ketones (excluding diaryl/α,β-unsaturated/α-hetero) is 1. The Balaban J connectivity index is 2.36. The topological polar surface area (TPSA) is 63.6 Å². The third-order valence-electron chi connectivity index (χ3n) is 2.66. The molecule has 0 radical (unpaired) electrons. The maximum atomic E-state index is 11.9. The van der Waals surface area contributed by atoms with Gasteiger partial charge in [0, 0.05) is 4.47 Å². The van der Waals surface area contributed by atoms with Gasteiger partial charge in [-0.05, 0) is 25.1 Å². The van der Waals surface area contributed by atoms with Crippen molar-refractivity contribution in [1.29, 1.82) is 0 Å². The monoisotopic (exact) mass is 298 g/mol. The quantitative estimate of drug-likeness (QED) is 0.912. The lowest BCUT2D eigenvalue weighted by molar-refractivity contribution is -0.141. The fourth-order valence-corrected chi connectivity index (χ4v) is 2.33. The summed E-state index contributed by atoms with van der Waals surface area (Å²) < 4.78 is 6.43. The first-order chi connectivity index (χ1) is 7.89. The van der Waals surface area contributed by atoms with Crippen LogP contribution in [0.2, 0.25) is 0 Å². The van der Waals surface area contributed by atoms with Gasteiger partial charge in [0.25, 0.3) is 0 Å². The highest BCUT2D eigenvalue weighted by Crippen LogP contribution is 2.36. The molecule has 1 unspecified atom stereocenters. The second kappa shape index (κ2) is 4.14. The second-order valence-electron chi connectivity index (χ2n) is 4.36. The summed E-state index contributed by atoms with van der Waals surface area (Å²) in [7, 11) is 0. The van der Waals surface area contributed by atoms with Crippen molar-refractivity contribution >= 4 is 27.7 Å². The zero-order chi connectivity index (χ0) is 12.6. The maximum absolute atomic E-state index is 11.9. The summed E-state index contributed by atoms with van der Waals surface area (Å²) >= 11 is 3.28. The van der Waals surface area contributed by atoms with Crippen LogP contribution < -0.4 is 4.74 Å². The molecule has 2 rings (SSSR count). The molecule has 0 aromatic heterocycles. The van der Waals surface area contributed by atoms with Crippen molar-refractivity contribution in [3.05, 3.63) is 28.2 Å². The van der Waals surface area contributed by atoms with Gasteiger partial charge in [0.1, 0.15) is 11.4 Å². The van der Waals surface area contributed by atoms with Crippen LogP contribution in [0.25, 0.3) is 0 Å². The minimum atomic E-state index is -0.971. The number of halogens is 1. The summed E-state index contributed by atoms with van der Waals surface area (Å²) in [5.41, 5.74) is -0.453. The molecule has 1 atom stereocenters. The number of ketones is 1. The molecule has 0 saturated carbocycles. The highest BCUT2D eigenvalue weighted by Gasteiger charge is 2.38. The molecule has 1 N–H and O–H groups in total. The summed E-state index contributed by atoms with van der Waals surface area (Å²) in [5.74, 6) is -0.606. The van der Waals surface area contributed by atoms with E-state index in [1.54, 1.807) is 25.1 Å². The Bertz CT molecular complexity index is 497. The molecule has 4 nitrogen and oxygen atoms in total. The molecule has 0 spiro atoms. The Morgan fingerprint density at radius 3 is 2.94 bits per heavy atom. The van der Waals surface area contributed by atoms with E-state index < -0.39 is 11.6 Å². The van der Waals surface area contributed by atoms with Gasteiger partial charge in [-0.3, -0.25) is 9.59 Å². The molecule has 1 aliphatic rings. The van der Waals surface area contributed by atoms with Crippen molar-refractivity contribution in [3.8, 4) is 5.75 Å². The molecular formula is C12H11BrO4. The van der Waals surface area contributed by atoms with E-state index in [0.29, 0.717) is 11.3 Å². The normalized spacial score (nSPS) is 22.8. The molecule has 17 heavy (non-hydrogen) atoms. The van der Waals surface area contributed by atoms with Crippen molar-refractivity contribution in [3.63, 3.8) is 0 Å². The summed E-state index contributed by atoms with van der Waals surface area (Å²) in [5, 5.41) is 8.81. The fraction of sp³-hybridized carbons (Fsp3) is 0.333. The van der Waals surface area contributed by atoms with Gasteiger partial charge in [-0.1, -0.05) is 15.9 Å². The highest BCUT2D eigenvalue weighted by atomic mass is 79.9. The summed E-state index contributed by atoms with van der Waals surface area (Å²) in [6, 6.07) is 5.13. The van der Waals surface area contributed by atoms with E-state index in [1.165, 1.54) is 0 Å². The Hall–Kier alpha value is -1.36. The third-order valence-corrected chi connectivity index (χ3v) is 3.15. The van der Waals surface area contributed by atoms with Gasteiger partial charge in [-0.15, -0.1) is 0 Å². The molecule has 0 fully saturated rings. The number of aliphatic carboxylic acids is 1. The van der Waals surface area contributed by atoms with E-state index >= 15 is 0 Å². The van der Waals surface area contributed by atoms with Crippen LogP contribution in [0.3, 0.4) is 0 Å². The maximum Gasteiger partial charge on any atom is 0.307 e. The van der Waals surface area contributed by atoms with Gasteiger partial charge >= 0.3 is 5.97 Å². The molecule has 5 heteroatoms. The lowest BCUT2D eigenvalue weighted by Crippen LogP contribution is -2.41. The zero-order valence-electron chi connectivity index (χ0n) is 9.20. The Morgan fingerprint density at radius 1 is 1.59 bits per heavy atom. The minimum absolute atomic E-state index is 0.0861. The Morgan fingerprint density at radius 2 is 2.29 bits per heavy atom. The van der Waals surface area contributed by atoms with Crippen LogP contribution in [-0.4, -0.2) is 22.5 Å². The molecular weight excluding hydrogens is 288 g/mol. The van der Waals surface area contributed by atoms with Gasteiger partial charge in [0.2, 0.25) is 0 Å². The van der Waals surface area contributed by atoms with Gasteiger partial charge in [-0.25, -0.2) is 0 Å². The lowest BCUT2D eigenvalue weighted by atomic mass is 9.89. The smallest absolute Gasteiger partial charge is 0.307 e. The minimum Gasteiger partial charge on any atom is -0.486 e. The largest absolute Gasteiger partial charge is 0.486 e. The Labute approximate surface area is 107 Å². The van der Waals surface area contributed by atoms with Crippen molar-refractivity contribution < 1.29 is 19.4 Å². The number of ether oxygens (including phenoxy) is 1. The average molecular weight is 299 g/mol. The van der Waals surface area contributed by atoms with E-state index in [2.05, 4.69) is 15.9 Å². The number of fused-ring (bicyclic) bond motifs is 1. The van der Waals surface area contributed by atoms with Crippen LogP contribution in [0.5, 0.6) is 5.75 Å². The van der Waals surface area contributed by atoms with Crippen LogP contribution in [0.1, 0.15) is 30.1 Å². The van der Waals surface area contributed by atoms with Crippen molar-refractivity contribution in [2.75, 3.05) is 0 Å². The zero-order valence-corrected chi connectivity index (χ0v) is 10.8. The van der Waals surface area contributed by atoms with Crippen LogP contribution in [0.15, 0.2) is 22.7 Å². The van der Waals surface area contributed by atoms with Gasteiger partial charge in [0.05, 0.1) is 18.4 Å². The van der Waals surface area contributed by atoms with Crippen LogP contribution >= 0.6 is 15.9 Å². The second-order valence-corrected chi connectivity index (χ2v) is 5.28. The van der Waals surface area contributed by atoms with E-state index in [4.69, 9.17) is 9.84 Å². The van der Waals surface area contributed by atoms with Crippen molar-refractivity contribution in [1.82, 2.24) is 0 Å². The van der Waals surface area contributed by atoms with Crippen LogP contribution in [0, 0.1) is 0 Å². The number of hydrogen-bond donors (Lipinski definition) is 1.